The number of amides is 2. The Hall–Kier alpha value is -3.92. The van der Waals surface area contributed by atoms with E-state index in [4.69, 9.17) is 14.2 Å². The van der Waals surface area contributed by atoms with Crippen molar-refractivity contribution in [1.82, 2.24) is 10.2 Å². The van der Waals surface area contributed by atoms with Crippen molar-refractivity contribution in [1.29, 1.82) is 0 Å². The lowest BCUT2D eigenvalue weighted by Crippen LogP contribution is -2.53. The number of esters is 2. The van der Waals surface area contributed by atoms with Gasteiger partial charge in [0.15, 0.2) is 0 Å². The highest BCUT2D eigenvalue weighted by molar-refractivity contribution is 6.02. The van der Waals surface area contributed by atoms with Gasteiger partial charge in [-0.3, -0.25) is 24.6 Å². The Labute approximate surface area is 279 Å². The summed E-state index contributed by atoms with van der Waals surface area (Å²) in [6, 6.07) is 16.0. The number of nitrogens with zero attached hydrogens (tertiary/aromatic N) is 2. The molecule has 2 aromatic rings. The number of carbonyl (C=O) groups excluding carboxylic acids is 4. The van der Waals surface area contributed by atoms with Crippen molar-refractivity contribution < 1.29 is 33.4 Å². The molecule has 256 valence electrons. The number of unbranched alkanes of at least 4 members (excludes halogenated alkanes) is 1. The fourth-order valence-corrected chi connectivity index (χ4v) is 6.29. The third kappa shape index (κ3) is 11.1. The molecule has 0 bridgehead atoms. The van der Waals surface area contributed by atoms with Gasteiger partial charge in [0.25, 0.3) is 0 Å². The molecule has 47 heavy (non-hydrogen) atoms. The molecule has 4 rings (SSSR count). The highest BCUT2D eigenvalue weighted by atomic mass is 16.6. The monoisotopic (exact) mass is 649 g/mol. The van der Waals surface area contributed by atoms with E-state index < -0.39 is 23.7 Å². The maximum Gasteiger partial charge on any atom is 0.410 e. The molecular weight excluding hydrogens is 598 g/mol. The van der Waals surface area contributed by atoms with E-state index in [0.717, 1.165) is 43.2 Å². The van der Waals surface area contributed by atoms with Gasteiger partial charge < -0.3 is 19.1 Å². The first kappa shape index (κ1) is 35.9. The first-order valence-electron chi connectivity index (χ1n) is 17.0. The van der Waals surface area contributed by atoms with Crippen LogP contribution in [-0.4, -0.2) is 72.8 Å². The number of aryl methyl sites for hydroxylation is 1. The van der Waals surface area contributed by atoms with Gasteiger partial charge in [-0.2, -0.15) is 0 Å². The molecule has 0 aliphatic carbocycles. The van der Waals surface area contributed by atoms with E-state index in [1.54, 1.807) is 32.6 Å². The van der Waals surface area contributed by atoms with E-state index in [1.165, 1.54) is 4.90 Å². The first-order chi connectivity index (χ1) is 22.5. The number of para-hydroxylation sites is 1. The average molecular weight is 650 g/mol. The molecule has 2 aliphatic heterocycles. The fourth-order valence-electron chi connectivity index (χ4n) is 6.29. The number of piperidine rings is 1. The van der Waals surface area contributed by atoms with Gasteiger partial charge in [-0.05, 0) is 82.9 Å². The standard InChI is InChI=1S/C37H51N3O7/c1-5-45-35(43)31(17-11-9-13-27-21-23-39(24-22-27)36(44)46-26-28-14-7-6-8-15-28)38-30-20-19-29-16-10-12-18-32(29)40(34(30)42)25-33(41)47-37(2,3)4/h6-8,10,12,14-16,18,27,30-31,38H,5,9,11,13,17,19-26H2,1-4H3. The van der Waals surface area contributed by atoms with Crippen LogP contribution in [0.2, 0.25) is 0 Å². The Bertz CT molecular complexity index is 1330. The van der Waals surface area contributed by atoms with Crippen LogP contribution in [0.25, 0.3) is 0 Å². The van der Waals surface area contributed by atoms with Gasteiger partial charge in [0.2, 0.25) is 5.91 Å². The molecule has 10 nitrogen and oxygen atoms in total. The van der Waals surface area contributed by atoms with Crippen LogP contribution >= 0.6 is 0 Å². The molecule has 2 heterocycles. The third-order valence-electron chi connectivity index (χ3n) is 8.66. The molecule has 1 fully saturated rings. The summed E-state index contributed by atoms with van der Waals surface area (Å²) in [5, 5.41) is 3.32. The van der Waals surface area contributed by atoms with Crippen molar-refractivity contribution in [3.63, 3.8) is 0 Å². The largest absolute Gasteiger partial charge is 0.465 e. The van der Waals surface area contributed by atoms with Crippen LogP contribution in [0.4, 0.5) is 10.5 Å². The summed E-state index contributed by atoms with van der Waals surface area (Å²) in [6.45, 7) is 8.83. The maximum absolute atomic E-state index is 13.9. The number of hydrogen-bond acceptors (Lipinski definition) is 8. The van der Waals surface area contributed by atoms with Gasteiger partial charge in [0.1, 0.15) is 24.8 Å². The Kier molecular flexibility index (Phi) is 13.2. The van der Waals surface area contributed by atoms with Gasteiger partial charge >= 0.3 is 18.0 Å². The Morgan fingerprint density at radius 1 is 0.936 bits per heavy atom. The van der Waals surface area contributed by atoms with E-state index in [-0.39, 0.29) is 37.7 Å². The Morgan fingerprint density at radius 3 is 2.34 bits per heavy atom. The minimum Gasteiger partial charge on any atom is -0.465 e. The highest BCUT2D eigenvalue weighted by Crippen LogP contribution is 2.28. The molecule has 0 aromatic heterocycles. The van der Waals surface area contributed by atoms with Crippen molar-refractivity contribution in [2.24, 2.45) is 5.92 Å². The molecule has 0 radical (unpaired) electrons. The van der Waals surface area contributed by atoms with Gasteiger partial charge in [-0.1, -0.05) is 67.8 Å². The summed E-state index contributed by atoms with van der Waals surface area (Å²) < 4.78 is 16.4. The minimum absolute atomic E-state index is 0.209. The van der Waals surface area contributed by atoms with Crippen LogP contribution in [0.1, 0.15) is 83.8 Å². The van der Waals surface area contributed by atoms with E-state index >= 15 is 0 Å². The number of ether oxygens (including phenoxy) is 3. The number of carbonyl (C=O) groups is 4. The van der Waals surface area contributed by atoms with Crippen LogP contribution in [0, 0.1) is 5.92 Å². The van der Waals surface area contributed by atoms with E-state index in [0.29, 0.717) is 44.0 Å². The van der Waals surface area contributed by atoms with Crippen LogP contribution in [0.15, 0.2) is 54.6 Å². The first-order valence-corrected chi connectivity index (χ1v) is 17.0. The molecule has 2 atom stereocenters. The number of fused-ring (bicyclic) bond motifs is 1. The molecule has 10 heteroatoms. The normalized spacial score (nSPS) is 17.8. The van der Waals surface area contributed by atoms with Crippen LogP contribution in [-0.2, 0) is 41.6 Å². The number of likely N-dealkylation sites (tertiary alicyclic amines) is 1. The van der Waals surface area contributed by atoms with Gasteiger partial charge in [-0.15, -0.1) is 0 Å². The lowest BCUT2D eigenvalue weighted by molar-refractivity contribution is -0.154. The highest BCUT2D eigenvalue weighted by Gasteiger charge is 2.35. The summed E-state index contributed by atoms with van der Waals surface area (Å²) >= 11 is 0. The fraction of sp³-hybridized carbons (Fsp3) is 0.568. The molecule has 0 spiro atoms. The SMILES string of the molecule is CCOC(=O)C(CCCCC1CCN(C(=O)OCc2ccccc2)CC1)NC1CCc2ccccc2N(CC(=O)OC(C)(C)C)C1=O. The Balaban J connectivity index is 1.28. The lowest BCUT2D eigenvalue weighted by atomic mass is 9.91. The van der Waals surface area contributed by atoms with Crippen molar-refractivity contribution in [2.75, 3.05) is 31.1 Å². The quantitative estimate of drug-likeness (QED) is 0.164. The smallest absolute Gasteiger partial charge is 0.410 e. The molecule has 2 aliphatic rings. The number of nitrogens with one attached hydrogen (secondary N) is 1. The predicted octanol–water partition coefficient (Wildman–Crippen LogP) is 5.81. The lowest BCUT2D eigenvalue weighted by Gasteiger charge is -2.31. The number of anilines is 1. The molecule has 2 aromatic carbocycles. The van der Waals surface area contributed by atoms with Crippen LogP contribution in [0.5, 0.6) is 0 Å². The predicted molar refractivity (Wildman–Crippen MR) is 180 cm³/mol. The third-order valence-corrected chi connectivity index (χ3v) is 8.66. The van der Waals surface area contributed by atoms with Crippen molar-refractivity contribution >= 4 is 29.6 Å². The minimum atomic E-state index is -0.677. The number of rotatable bonds is 13. The topological polar surface area (TPSA) is 114 Å². The zero-order valence-electron chi connectivity index (χ0n) is 28.4. The second kappa shape index (κ2) is 17.3. The molecule has 2 amide bonds. The van der Waals surface area contributed by atoms with Gasteiger partial charge in [-0.25, -0.2) is 4.79 Å². The van der Waals surface area contributed by atoms with E-state index in [2.05, 4.69) is 5.32 Å². The maximum atomic E-state index is 13.9. The summed E-state index contributed by atoms with van der Waals surface area (Å²) in [5.41, 5.74) is 1.95. The molecule has 1 saturated heterocycles. The van der Waals surface area contributed by atoms with Crippen molar-refractivity contribution in [3.8, 4) is 0 Å². The Morgan fingerprint density at radius 2 is 1.64 bits per heavy atom. The number of benzene rings is 2. The average Bonchev–Trinajstić information content (AvgIpc) is 3.17. The summed E-state index contributed by atoms with van der Waals surface area (Å²) in [6.07, 6.45) is 5.94. The molecule has 0 saturated carbocycles. The van der Waals surface area contributed by atoms with Crippen molar-refractivity contribution in [2.45, 2.75) is 103 Å². The van der Waals surface area contributed by atoms with Crippen molar-refractivity contribution in [3.05, 3.63) is 65.7 Å². The van der Waals surface area contributed by atoms with Gasteiger partial charge in [0, 0.05) is 18.8 Å². The summed E-state index contributed by atoms with van der Waals surface area (Å²) in [5.74, 6) is -0.615. The molecule has 1 N–H and O–H groups in total. The van der Waals surface area contributed by atoms with Crippen LogP contribution in [0.3, 0.4) is 0 Å². The summed E-state index contributed by atoms with van der Waals surface area (Å²) in [7, 11) is 0. The second-order valence-electron chi connectivity index (χ2n) is 13.5. The molecule has 2 unspecified atom stereocenters. The molecular formula is C37H51N3O7. The van der Waals surface area contributed by atoms with Gasteiger partial charge in [0.05, 0.1) is 12.6 Å². The van der Waals surface area contributed by atoms with Crippen LogP contribution < -0.4 is 10.2 Å². The number of hydrogen-bond donors (Lipinski definition) is 1. The van der Waals surface area contributed by atoms with E-state index in [9.17, 15) is 19.2 Å². The zero-order chi connectivity index (χ0) is 33.8. The van der Waals surface area contributed by atoms with E-state index in [1.807, 2.05) is 54.6 Å². The zero-order valence-corrected chi connectivity index (χ0v) is 28.4. The summed E-state index contributed by atoms with van der Waals surface area (Å²) in [4.78, 5) is 55.6. The second-order valence-corrected chi connectivity index (χ2v) is 13.5.